The Bertz CT molecular complexity index is 860. The monoisotopic (exact) mass is 370 g/mol. The first-order valence-electron chi connectivity index (χ1n) is 9.00. The van der Waals surface area contributed by atoms with Gasteiger partial charge >= 0.3 is 0 Å². The number of benzene rings is 2. The zero-order chi connectivity index (χ0) is 17.8. The summed E-state index contributed by atoms with van der Waals surface area (Å²) >= 11 is 6.49. The predicted octanol–water partition coefficient (Wildman–Crippen LogP) is 3.38. The van der Waals surface area contributed by atoms with Crippen molar-refractivity contribution >= 4 is 22.5 Å². The van der Waals surface area contributed by atoms with Crippen LogP contribution in [0.2, 0.25) is 5.02 Å². The minimum absolute atomic E-state index is 0.239. The minimum atomic E-state index is 0.239. The lowest BCUT2D eigenvalue weighted by Crippen LogP contribution is -2.42. The number of nitrogens with one attached hydrogen (secondary N) is 2. The molecule has 1 fully saturated rings. The maximum absolute atomic E-state index is 6.49. The highest BCUT2D eigenvalue weighted by Gasteiger charge is 2.23. The van der Waals surface area contributed by atoms with Crippen molar-refractivity contribution in [3.05, 3.63) is 64.8 Å². The van der Waals surface area contributed by atoms with Gasteiger partial charge in [0.05, 0.1) is 24.9 Å². The number of hydrogen-bond acceptors (Lipinski definition) is 4. The smallest absolute Gasteiger partial charge is 0.0653 e. The van der Waals surface area contributed by atoms with E-state index in [0.29, 0.717) is 0 Å². The van der Waals surface area contributed by atoms with E-state index in [1.807, 2.05) is 18.3 Å². The summed E-state index contributed by atoms with van der Waals surface area (Å²) in [6.07, 6.45) is 1.85. The Morgan fingerprint density at radius 3 is 2.88 bits per heavy atom. The summed E-state index contributed by atoms with van der Waals surface area (Å²) in [5.74, 6) is 0. The summed E-state index contributed by atoms with van der Waals surface area (Å²) in [5.41, 5.74) is 3.48. The van der Waals surface area contributed by atoms with E-state index in [4.69, 9.17) is 16.3 Å². The van der Waals surface area contributed by atoms with Crippen LogP contribution in [0, 0.1) is 0 Å². The molecule has 1 unspecified atom stereocenters. The van der Waals surface area contributed by atoms with Crippen LogP contribution in [0.1, 0.15) is 17.2 Å². The number of rotatable bonds is 6. The van der Waals surface area contributed by atoms with Crippen LogP contribution in [0.25, 0.3) is 10.9 Å². The molecule has 1 saturated heterocycles. The zero-order valence-corrected chi connectivity index (χ0v) is 15.4. The summed E-state index contributed by atoms with van der Waals surface area (Å²) in [5, 5.41) is 12.7. The molecule has 1 aliphatic rings. The van der Waals surface area contributed by atoms with Gasteiger partial charge in [-0.1, -0.05) is 41.9 Å². The summed E-state index contributed by atoms with van der Waals surface area (Å²) in [6, 6.07) is 14.8. The third kappa shape index (κ3) is 3.91. The van der Waals surface area contributed by atoms with Gasteiger partial charge in [-0.15, -0.1) is 0 Å². The Morgan fingerprint density at radius 2 is 2.04 bits per heavy atom. The van der Waals surface area contributed by atoms with Gasteiger partial charge in [0.1, 0.15) is 0 Å². The molecule has 3 aromatic rings. The maximum atomic E-state index is 6.49. The van der Waals surface area contributed by atoms with E-state index in [2.05, 4.69) is 50.7 Å². The fraction of sp³-hybridized carbons (Fsp3) is 0.350. The zero-order valence-electron chi connectivity index (χ0n) is 14.6. The quantitative estimate of drug-likeness (QED) is 0.698. The molecule has 2 aromatic carbocycles. The number of ether oxygens (including phenoxy) is 1. The molecule has 0 radical (unpaired) electrons. The lowest BCUT2D eigenvalue weighted by atomic mass is 10.0. The third-order valence-electron chi connectivity index (χ3n) is 4.92. The SMILES string of the molecule is Clc1ccccc1C(CNCc1ccc2cn[nH]c2c1)N1CCOCC1. The molecule has 1 aliphatic heterocycles. The Kier molecular flexibility index (Phi) is 5.51. The van der Waals surface area contributed by atoms with Crippen molar-refractivity contribution in [2.45, 2.75) is 12.6 Å². The second kappa shape index (κ2) is 8.18. The van der Waals surface area contributed by atoms with E-state index in [9.17, 15) is 0 Å². The van der Waals surface area contributed by atoms with E-state index >= 15 is 0 Å². The molecule has 4 rings (SSSR count). The average molecular weight is 371 g/mol. The number of morpholine rings is 1. The lowest BCUT2D eigenvalue weighted by molar-refractivity contribution is 0.0161. The minimum Gasteiger partial charge on any atom is -0.379 e. The van der Waals surface area contributed by atoms with Gasteiger partial charge in [0.25, 0.3) is 0 Å². The molecule has 2 heterocycles. The molecule has 0 amide bonds. The number of halogens is 1. The molecular weight excluding hydrogens is 348 g/mol. The first-order chi connectivity index (χ1) is 12.8. The van der Waals surface area contributed by atoms with Crippen molar-refractivity contribution in [3.8, 4) is 0 Å². The number of fused-ring (bicyclic) bond motifs is 1. The molecule has 2 N–H and O–H groups in total. The highest BCUT2D eigenvalue weighted by molar-refractivity contribution is 6.31. The Hall–Kier alpha value is -1.92. The number of hydrogen-bond donors (Lipinski definition) is 2. The maximum Gasteiger partial charge on any atom is 0.0653 e. The summed E-state index contributed by atoms with van der Waals surface area (Å²) in [7, 11) is 0. The van der Waals surface area contributed by atoms with Crippen LogP contribution in [-0.2, 0) is 11.3 Å². The average Bonchev–Trinajstić information content (AvgIpc) is 3.15. The van der Waals surface area contributed by atoms with Crippen LogP contribution >= 0.6 is 11.6 Å². The molecule has 0 bridgehead atoms. The Labute approximate surface area is 158 Å². The van der Waals surface area contributed by atoms with Crippen LogP contribution in [0.4, 0.5) is 0 Å². The van der Waals surface area contributed by atoms with E-state index < -0.39 is 0 Å². The summed E-state index contributed by atoms with van der Waals surface area (Å²) in [4.78, 5) is 2.45. The van der Waals surface area contributed by atoms with Crippen molar-refractivity contribution in [1.29, 1.82) is 0 Å². The molecular formula is C20H23ClN4O. The van der Waals surface area contributed by atoms with Crippen LogP contribution in [0.5, 0.6) is 0 Å². The number of H-pyrrole nitrogens is 1. The largest absolute Gasteiger partial charge is 0.379 e. The highest BCUT2D eigenvalue weighted by Crippen LogP contribution is 2.28. The number of nitrogens with zero attached hydrogens (tertiary/aromatic N) is 2. The fourth-order valence-corrected chi connectivity index (χ4v) is 3.78. The van der Waals surface area contributed by atoms with Crippen LogP contribution in [-0.4, -0.2) is 47.9 Å². The molecule has 136 valence electrons. The van der Waals surface area contributed by atoms with Gasteiger partial charge < -0.3 is 10.1 Å². The van der Waals surface area contributed by atoms with E-state index in [0.717, 1.165) is 55.3 Å². The Morgan fingerprint density at radius 1 is 1.19 bits per heavy atom. The van der Waals surface area contributed by atoms with Gasteiger partial charge in [-0.2, -0.15) is 5.10 Å². The molecule has 1 aromatic heterocycles. The molecule has 6 heteroatoms. The van der Waals surface area contributed by atoms with Crippen LogP contribution in [0.15, 0.2) is 48.7 Å². The van der Waals surface area contributed by atoms with Gasteiger partial charge in [-0.05, 0) is 23.3 Å². The first-order valence-corrected chi connectivity index (χ1v) is 9.38. The summed E-state index contributed by atoms with van der Waals surface area (Å²) < 4.78 is 5.52. The normalized spacial score (nSPS) is 16.8. The van der Waals surface area contributed by atoms with Gasteiger partial charge in [-0.3, -0.25) is 10.00 Å². The van der Waals surface area contributed by atoms with Crippen LogP contribution in [0.3, 0.4) is 0 Å². The molecule has 26 heavy (non-hydrogen) atoms. The van der Waals surface area contributed by atoms with Crippen molar-refractivity contribution < 1.29 is 4.74 Å². The fourth-order valence-electron chi connectivity index (χ4n) is 3.52. The van der Waals surface area contributed by atoms with E-state index in [1.165, 1.54) is 11.1 Å². The van der Waals surface area contributed by atoms with E-state index in [-0.39, 0.29) is 6.04 Å². The molecule has 1 atom stereocenters. The van der Waals surface area contributed by atoms with Crippen molar-refractivity contribution in [2.24, 2.45) is 0 Å². The number of aromatic nitrogens is 2. The van der Waals surface area contributed by atoms with Crippen molar-refractivity contribution in [1.82, 2.24) is 20.4 Å². The molecule has 0 aliphatic carbocycles. The lowest BCUT2D eigenvalue weighted by Gasteiger charge is -2.35. The second-order valence-corrected chi connectivity index (χ2v) is 7.02. The predicted molar refractivity (Wildman–Crippen MR) is 104 cm³/mol. The van der Waals surface area contributed by atoms with Gasteiger partial charge in [0.15, 0.2) is 0 Å². The topological polar surface area (TPSA) is 53.2 Å². The molecule has 0 saturated carbocycles. The molecule has 0 spiro atoms. The van der Waals surface area contributed by atoms with Gasteiger partial charge in [-0.25, -0.2) is 0 Å². The van der Waals surface area contributed by atoms with Crippen molar-refractivity contribution in [2.75, 3.05) is 32.8 Å². The van der Waals surface area contributed by atoms with Crippen LogP contribution < -0.4 is 5.32 Å². The van der Waals surface area contributed by atoms with E-state index in [1.54, 1.807) is 0 Å². The standard InChI is InChI=1S/C20H23ClN4O/c21-18-4-2-1-3-17(18)20(25-7-9-26-10-8-25)14-22-12-15-5-6-16-13-23-24-19(16)11-15/h1-6,11,13,20,22H,7-10,12,14H2,(H,23,24). The highest BCUT2D eigenvalue weighted by atomic mass is 35.5. The van der Waals surface area contributed by atoms with Gasteiger partial charge in [0.2, 0.25) is 0 Å². The first kappa shape index (κ1) is 17.5. The Balaban J connectivity index is 1.46. The number of aromatic amines is 1. The molecule has 5 nitrogen and oxygen atoms in total. The second-order valence-electron chi connectivity index (χ2n) is 6.61. The summed E-state index contributed by atoms with van der Waals surface area (Å²) in [6.45, 7) is 5.05. The van der Waals surface area contributed by atoms with Gasteiger partial charge in [0, 0.05) is 42.6 Å². The van der Waals surface area contributed by atoms with Crippen molar-refractivity contribution in [3.63, 3.8) is 0 Å². The third-order valence-corrected chi connectivity index (χ3v) is 5.27.